The van der Waals surface area contributed by atoms with Crippen LogP contribution in [0, 0.1) is 0 Å². The number of benzene rings is 1. The zero-order chi connectivity index (χ0) is 20.2. The maximum Gasteiger partial charge on any atom is 0.251 e. The Morgan fingerprint density at radius 2 is 1.93 bits per heavy atom. The van der Waals surface area contributed by atoms with Crippen molar-refractivity contribution in [3.63, 3.8) is 0 Å². The van der Waals surface area contributed by atoms with Crippen LogP contribution in [0.25, 0.3) is 0 Å². The van der Waals surface area contributed by atoms with E-state index in [1.165, 1.54) is 31.8 Å². The lowest BCUT2D eigenvalue weighted by atomic mass is 10.0. The van der Waals surface area contributed by atoms with Gasteiger partial charge in [-0.25, -0.2) is 12.7 Å². The lowest BCUT2D eigenvalue weighted by Crippen LogP contribution is -2.44. The molecule has 1 N–H and O–H groups in total. The molecule has 1 saturated heterocycles. The number of hydrogen-bond acceptors (Lipinski definition) is 4. The second kappa shape index (κ2) is 9.19. The van der Waals surface area contributed by atoms with Gasteiger partial charge in [-0.3, -0.25) is 9.69 Å². The maximum absolute atomic E-state index is 12.6. The third-order valence-corrected chi connectivity index (χ3v) is 6.93. The van der Waals surface area contributed by atoms with E-state index in [0.29, 0.717) is 5.56 Å². The number of rotatable bonds is 6. The molecular weight excluding hydrogens is 386 g/mol. The van der Waals surface area contributed by atoms with Crippen molar-refractivity contribution >= 4 is 27.5 Å². The number of amides is 1. The molecule has 0 radical (unpaired) electrons. The average Bonchev–Trinajstić information content (AvgIpc) is 2.61. The maximum atomic E-state index is 12.6. The van der Waals surface area contributed by atoms with Crippen molar-refractivity contribution in [2.45, 2.75) is 37.6 Å². The van der Waals surface area contributed by atoms with Crippen LogP contribution in [0.3, 0.4) is 0 Å². The molecule has 0 saturated carbocycles. The Bertz CT molecular complexity index is 809. The Morgan fingerprint density at radius 3 is 2.48 bits per heavy atom. The summed E-state index contributed by atoms with van der Waals surface area (Å²) < 4.78 is 25.8. The first kappa shape index (κ1) is 21.9. The topological polar surface area (TPSA) is 69.7 Å². The van der Waals surface area contributed by atoms with Gasteiger partial charge in [0.1, 0.15) is 4.90 Å². The fraction of sp³-hybridized carbons (Fsp3) is 0.526. The number of piperidine rings is 1. The molecule has 0 atom stereocenters. The highest BCUT2D eigenvalue weighted by molar-refractivity contribution is 7.89. The zero-order valence-corrected chi connectivity index (χ0v) is 17.9. The molecule has 0 aromatic heterocycles. The molecule has 1 aromatic rings. The van der Waals surface area contributed by atoms with Gasteiger partial charge in [0.2, 0.25) is 10.0 Å². The minimum Gasteiger partial charge on any atom is -0.349 e. The lowest BCUT2D eigenvalue weighted by Gasteiger charge is -2.31. The molecule has 6 nitrogen and oxygen atoms in total. The van der Waals surface area contributed by atoms with Gasteiger partial charge in [0.25, 0.3) is 5.91 Å². The fourth-order valence-electron chi connectivity index (χ4n) is 2.88. The summed E-state index contributed by atoms with van der Waals surface area (Å²) in [5.41, 5.74) is 1.60. The van der Waals surface area contributed by atoms with Gasteiger partial charge in [0, 0.05) is 45.3 Å². The van der Waals surface area contributed by atoms with Crippen LogP contribution in [0.5, 0.6) is 0 Å². The lowest BCUT2D eigenvalue weighted by molar-refractivity contribution is 0.0914. The molecule has 1 aliphatic rings. The summed E-state index contributed by atoms with van der Waals surface area (Å²) in [5, 5.41) is 3.12. The number of halogens is 1. The van der Waals surface area contributed by atoms with Crippen LogP contribution >= 0.6 is 11.6 Å². The summed E-state index contributed by atoms with van der Waals surface area (Å²) in [6.07, 6.45) is 3.96. The highest BCUT2D eigenvalue weighted by Gasteiger charge is 2.24. The quantitative estimate of drug-likeness (QED) is 0.728. The van der Waals surface area contributed by atoms with Crippen molar-refractivity contribution in [3.05, 3.63) is 40.4 Å². The molecule has 1 heterocycles. The molecule has 0 spiro atoms. The molecule has 1 fully saturated rings. The van der Waals surface area contributed by atoms with Crippen molar-refractivity contribution in [2.75, 3.05) is 33.7 Å². The van der Waals surface area contributed by atoms with Gasteiger partial charge in [0.05, 0.1) is 5.02 Å². The molecule has 150 valence electrons. The first-order valence-electron chi connectivity index (χ1n) is 9.00. The Labute approximate surface area is 167 Å². The van der Waals surface area contributed by atoms with Crippen molar-refractivity contribution in [1.82, 2.24) is 14.5 Å². The van der Waals surface area contributed by atoms with Gasteiger partial charge in [-0.05, 0) is 44.9 Å². The number of likely N-dealkylation sites (tertiary alicyclic amines) is 1. The first-order chi connectivity index (χ1) is 12.6. The molecule has 0 bridgehead atoms. The molecule has 8 heteroatoms. The summed E-state index contributed by atoms with van der Waals surface area (Å²) in [7, 11) is -0.844. The monoisotopic (exact) mass is 413 g/mol. The Kier molecular flexibility index (Phi) is 7.45. The third kappa shape index (κ3) is 5.78. The zero-order valence-electron chi connectivity index (χ0n) is 16.3. The minimum atomic E-state index is -3.71. The molecule has 27 heavy (non-hydrogen) atoms. The van der Waals surface area contributed by atoms with Gasteiger partial charge < -0.3 is 5.32 Å². The van der Waals surface area contributed by atoms with E-state index in [-0.39, 0.29) is 21.9 Å². The third-order valence-electron chi connectivity index (χ3n) is 4.63. The van der Waals surface area contributed by atoms with Crippen molar-refractivity contribution in [1.29, 1.82) is 0 Å². The van der Waals surface area contributed by atoms with E-state index in [0.717, 1.165) is 36.8 Å². The van der Waals surface area contributed by atoms with Gasteiger partial charge in [-0.1, -0.05) is 23.3 Å². The van der Waals surface area contributed by atoms with E-state index in [1.807, 2.05) is 0 Å². The summed E-state index contributed by atoms with van der Waals surface area (Å²) in [4.78, 5) is 14.9. The van der Waals surface area contributed by atoms with Gasteiger partial charge in [0.15, 0.2) is 0 Å². The largest absolute Gasteiger partial charge is 0.349 e. The van der Waals surface area contributed by atoms with E-state index in [4.69, 9.17) is 11.6 Å². The van der Waals surface area contributed by atoms with Crippen LogP contribution in [-0.2, 0) is 10.0 Å². The summed E-state index contributed by atoms with van der Waals surface area (Å²) in [6.45, 7) is 6.96. The highest BCUT2D eigenvalue weighted by Crippen LogP contribution is 2.25. The molecular formula is C19H28ClN3O3S. The second-order valence-corrected chi connectivity index (χ2v) is 9.79. The number of hydrogen-bond donors (Lipinski definition) is 1. The first-order valence-corrected chi connectivity index (χ1v) is 10.8. The number of carbonyl (C=O) groups is 1. The van der Waals surface area contributed by atoms with Crippen LogP contribution in [0.15, 0.2) is 34.7 Å². The fourth-order valence-corrected chi connectivity index (χ4v) is 4.27. The number of allylic oxidation sites excluding steroid dienone is 1. The summed E-state index contributed by atoms with van der Waals surface area (Å²) in [6, 6.07) is 4.44. The number of carbonyl (C=O) groups excluding carboxylic acids is 1. The molecule has 1 amide bonds. The van der Waals surface area contributed by atoms with E-state index >= 15 is 0 Å². The van der Waals surface area contributed by atoms with Crippen LogP contribution in [0.1, 0.15) is 37.0 Å². The van der Waals surface area contributed by atoms with E-state index in [1.54, 1.807) is 6.07 Å². The van der Waals surface area contributed by atoms with E-state index in [9.17, 15) is 13.2 Å². The standard InChI is InChI=1S/C19H28ClN3O3S/c1-14(2)7-10-23-11-8-16(9-12-23)21-19(24)15-5-6-17(20)18(13-15)27(25,26)22(3)4/h5-7,13,16H,8-12H2,1-4H3,(H,21,24). The number of nitrogens with zero attached hydrogens (tertiary/aromatic N) is 2. The smallest absolute Gasteiger partial charge is 0.251 e. The molecule has 1 aromatic carbocycles. The molecule has 2 rings (SSSR count). The van der Waals surface area contributed by atoms with Gasteiger partial charge in [-0.2, -0.15) is 0 Å². The Morgan fingerprint density at radius 1 is 1.30 bits per heavy atom. The normalized spacial score (nSPS) is 16.4. The number of nitrogens with one attached hydrogen (secondary N) is 1. The molecule has 0 aliphatic carbocycles. The SMILES string of the molecule is CC(C)=CCN1CCC(NC(=O)c2ccc(Cl)c(S(=O)(=O)N(C)C)c2)CC1. The minimum absolute atomic E-state index is 0.0571. The van der Waals surface area contributed by atoms with Crippen LogP contribution in [0.2, 0.25) is 5.02 Å². The summed E-state index contributed by atoms with van der Waals surface area (Å²) >= 11 is 6.04. The van der Waals surface area contributed by atoms with Crippen LogP contribution < -0.4 is 5.32 Å². The van der Waals surface area contributed by atoms with E-state index < -0.39 is 10.0 Å². The Hall–Kier alpha value is -1.41. The van der Waals surface area contributed by atoms with Crippen LogP contribution in [-0.4, -0.2) is 63.3 Å². The highest BCUT2D eigenvalue weighted by atomic mass is 35.5. The number of sulfonamides is 1. The average molecular weight is 414 g/mol. The van der Waals surface area contributed by atoms with Crippen molar-refractivity contribution in [3.8, 4) is 0 Å². The molecule has 1 aliphatic heterocycles. The van der Waals surface area contributed by atoms with Crippen molar-refractivity contribution in [2.24, 2.45) is 0 Å². The summed E-state index contributed by atoms with van der Waals surface area (Å²) in [5.74, 6) is -0.273. The molecule has 0 unspecified atom stereocenters. The van der Waals surface area contributed by atoms with Gasteiger partial charge >= 0.3 is 0 Å². The van der Waals surface area contributed by atoms with Crippen molar-refractivity contribution < 1.29 is 13.2 Å². The van der Waals surface area contributed by atoms with Crippen LogP contribution in [0.4, 0.5) is 0 Å². The van der Waals surface area contributed by atoms with E-state index in [2.05, 4.69) is 30.1 Å². The predicted octanol–water partition coefficient (Wildman–Crippen LogP) is 2.75. The predicted molar refractivity (Wildman–Crippen MR) is 109 cm³/mol. The Balaban J connectivity index is 2.02. The van der Waals surface area contributed by atoms with Gasteiger partial charge in [-0.15, -0.1) is 0 Å². The second-order valence-electron chi connectivity index (χ2n) is 7.26.